The van der Waals surface area contributed by atoms with Crippen molar-refractivity contribution in [2.75, 3.05) is 26.9 Å². The Kier molecular flexibility index (Phi) is 8.36. The fraction of sp³-hybridized carbons (Fsp3) is 0.591. The van der Waals surface area contributed by atoms with E-state index in [0.29, 0.717) is 23.9 Å². The zero-order valence-corrected chi connectivity index (χ0v) is 19.4. The van der Waals surface area contributed by atoms with E-state index in [1.54, 1.807) is 6.07 Å². The number of hydroxylamine groups is 2. The number of unbranched alkanes of at least 4 members (excludes halogenated alkanes) is 3. The normalized spacial score (nSPS) is 21.4. The standard InChI is InChI=1S/C22H32N4O4S/c1-4-6-7-8-13-29-22-24-23-21(31-22)26(28)16-25(3)15-19(26)30-20(27)18-12-9-11-17(14-18)10-5-2/h9,11-12,14,19H,4-8,10,13,15-16H2,1-3H3. The van der Waals surface area contributed by atoms with E-state index in [-0.39, 0.29) is 11.8 Å². The molecule has 1 aromatic carbocycles. The van der Waals surface area contributed by atoms with Gasteiger partial charge >= 0.3 is 11.1 Å². The molecule has 1 aliphatic heterocycles. The summed E-state index contributed by atoms with van der Waals surface area (Å²) in [5.74, 6) is -0.492. The number of nitrogens with zero attached hydrogens (tertiary/aromatic N) is 4. The molecular formula is C22H32N4O4S. The molecule has 0 bridgehead atoms. The van der Waals surface area contributed by atoms with Gasteiger partial charge in [-0.25, -0.2) is 9.69 Å². The van der Waals surface area contributed by atoms with Crippen molar-refractivity contribution in [3.8, 4) is 5.19 Å². The molecule has 31 heavy (non-hydrogen) atoms. The summed E-state index contributed by atoms with van der Waals surface area (Å²) in [5.41, 5.74) is 1.54. The van der Waals surface area contributed by atoms with Crippen molar-refractivity contribution >= 4 is 22.4 Å². The van der Waals surface area contributed by atoms with E-state index in [1.807, 2.05) is 30.1 Å². The van der Waals surface area contributed by atoms with Crippen molar-refractivity contribution in [2.45, 2.75) is 58.6 Å². The van der Waals surface area contributed by atoms with Crippen molar-refractivity contribution in [1.29, 1.82) is 0 Å². The summed E-state index contributed by atoms with van der Waals surface area (Å²) in [5, 5.41) is 22.4. The number of likely N-dealkylation sites (N-methyl/N-ethyl adjacent to an activating group) is 1. The van der Waals surface area contributed by atoms with Gasteiger partial charge in [0, 0.05) is 11.3 Å². The molecule has 0 spiro atoms. The largest absolute Gasteiger partial charge is 0.622 e. The summed E-state index contributed by atoms with van der Waals surface area (Å²) in [7, 11) is 1.83. The zero-order chi connectivity index (χ0) is 22.3. The third-order valence-electron chi connectivity index (χ3n) is 5.27. The Bertz CT molecular complexity index is 862. The molecule has 0 aliphatic carbocycles. The molecule has 1 saturated heterocycles. The fourth-order valence-electron chi connectivity index (χ4n) is 3.65. The van der Waals surface area contributed by atoms with E-state index in [0.717, 1.165) is 49.0 Å². The lowest BCUT2D eigenvalue weighted by Gasteiger charge is -2.38. The van der Waals surface area contributed by atoms with Gasteiger partial charge in [0.05, 0.1) is 18.7 Å². The number of carbonyl (C=O) groups is 1. The Balaban J connectivity index is 1.67. The van der Waals surface area contributed by atoms with E-state index in [2.05, 4.69) is 24.0 Å². The van der Waals surface area contributed by atoms with Crippen molar-refractivity contribution in [2.24, 2.45) is 0 Å². The van der Waals surface area contributed by atoms with Gasteiger partial charge in [0.25, 0.3) is 11.4 Å². The highest BCUT2D eigenvalue weighted by Crippen LogP contribution is 2.36. The highest BCUT2D eigenvalue weighted by molar-refractivity contribution is 7.16. The van der Waals surface area contributed by atoms with Crippen molar-refractivity contribution < 1.29 is 14.3 Å². The van der Waals surface area contributed by atoms with E-state index in [9.17, 15) is 10.0 Å². The maximum absolute atomic E-state index is 13.7. The lowest BCUT2D eigenvalue weighted by Crippen LogP contribution is -2.50. The van der Waals surface area contributed by atoms with Crippen LogP contribution in [0.3, 0.4) is 0 Å². The van der Waals surface area contributed by atoms with Crippen LogP contribution in [-0.4, -0.2) is 54.2 Å². The number of benzene rings is 1. The number of hydrogen-bond acceptors (Lipinski definition) is 8. The molecule has 3 rings (SSSR count). The van der Waals surface area contributed by atoms with Crippen molar-refractivity contribution in [3.63, 3.8) is 0 Å². The maximum Gasteiger partial charge on any atom is 0.342 e. The topological polar surface area (TPSA) is 87.6 Å². The highest BCUT2D eigenvalue weighted by atomic mass is 32.1. The number of carbonyl (C=O) groups excluding carboxylic acids is 1. The van der Waals surface area contributed by atoms with Crippen molar-refractivity contribution in [3.05, 3.63) is 40.6 Å². The van der Waals surface area contributed by atoms with E-state index >= 15 is 0 Å². The maximum atomic E-state index is 13.7. The zero-order valence-electron chi connectivity index (χ0n) is 18.6. The van der Waals surface area contributed by atoms with Gasteiger partial charge in [-0.15, -0.1) is 0 Å². The van der Waals surface area contributed by atoms with Crippen LogP contribution >= 0.6 is 11.3 Å². The van der Waals surface area contributed by atoms with Crippen molar-refractivity contribution in [1.82, 2.24) is 19.7 Å². The number of aryl methyl sites for hydroxylation is 1. The Labute approximate surface area is 188 Å². The van der Waals surface area contributed by atoms with Crippen LogP contribution in [0.25, 0.3) is 0 Å². The Hall–Kier alpha value is -2.07. The summed E-state index contributed by atoms with van der Waals surface area (Å²) in [6.45, 7) is 5.27. The first-order valence-corrected chi connectivity index (χ1v) is 11.8. The van der Waals surface area contributed by atoms with E-state index in [4.69, 9.17) is 9.47 Å². The average molecular weight is 449 g/mol. The van der Waals surface area contributed by atoms with E-state index in [1.165, 1.54) is 6.42 Å². The van der Waals surface area contributed by atoms with E-state index < -0.39 is 16.8 Å². The summed E-state index contributed by atoms with van der Waals surface area (Å²) >= 11 is 1.13. The lowest BCUT2D eigenvalue weighted by atomic mass is 10.1. The second-order valence-corrected chi connectivity index (χ2v) is 8.96. The minimum absolute atomic E-state index is 0.138. The molecule has 2 atom stereocenters. The molecule has 8 nitrogen and oxygen atoms in total. The SMILES string of the molecule is CCCCCCOc1nnc([N+]2([O-])CN(C)CC2OC(=O)c2cccc(CCC)c2)s1. The van der Waals surface area contributed by atoms with Gasteiger partial charge in [-0.05, 0) is 37.6 Å². The molecule has 1 aliphatic rings. The predicted octanol–water partition coefficient (Wildman–Crippen LogP) is 4.34. The number of ether oxygens (including phenoxy) is 2. The highest BCUT2D eigenvalue weighted by Gasteiger charge is 2.45. The lowest BCUT2D eigenvalue weighted by molar-refractivity contribution is 0.00558. The van der Waals surface area contributed by atoms with Gasteiger partial charge in [0.1, 0.15) is 6.67 Å². The number of rotatable bonds is 11. The molecular weight excluding hydrogens is 416 g/mol. The van der Waals surface area contributed by atoms with Crippen LogP contribution in [0, 0.1) is 5.21 Å². The molecule has 0 amide bonds. The minimum atomic E-state index is -0.905. The van der Waals surface area contributed by atoms with Gasteiger partial charge in [0.2, 0.25) is 0 Å². The first kappa shape index (κ1) is 23.6. The summed E-state index contributed by atoms with van der Waals surface area (Å²) in [6.07, 6.45) is 5.36. The molecule has 0 radical (unpaired) electrons. The minimum Gasteiger partial charge on any atom is -0.622 e. The number of esters is 1. The molecule has 1 fully saturated rings. The van der Waals surface area contributed by atoms with Crippen LogP contribution in [0.1, 0.15) is 61.9 Å². The Morgan fingerprint density at radius 1 is 1.26 bits per heavy atom. The summed E-state index contributed by atoms with van der Waals surface area (Å²) in [4.78, 5) is 14.6. The molecule has 0 saturated carbocycles. The van der Waals surface area contributed by atoms with Crippen LogP contribution < -0.4 is 9.38 Å². The third kappa shape index (κ3) is 6.00. The fourth-order valence-corrected chi connectivity index (χ4v) is 4.44. The van der Waals surface area contributed by atoms with Gasteiger partial charge < -0.3 is 14.7 Å². The molecule has 2 heterocycles. The number of aromatic nitrogens is 2. The van der Waals surface area contributed by atoms with Crippen LogP contribution in [0.5, 0.6) is 5.19 Å². The second-order valence-electron chi connectivity index (χ2n) is 8.05. The molecule has 1 aromatic heterocycles. The summed E-state index contributed by atoms with van der Waals surface area (Å²) < 4.78 is 10.5. The summed E-state index contributed by atoms with van der Waals surface area (Å²) in [6, 6.07) is 7.38. The van der Waals surface area contributed by atoms with Crippen LogP contribution in [0.15, 0.2) is 24.3 Å². The number of hydrogen-bond donors (Lipinski definition) is 0. The first-order valence-electron chi connectivity index (χ1n) is 11.0. The molecule has 2 aromatic rings. The molecule has 0 N–H and O–H groups in total. The van der Waals surface area contributed by atoms with Gasteiger partial charge in [-0.3, -0.25) is 4.65 Å². The van der Waals surface area contributed by atoms with Crippen LogP contribution in [0.4, 0.5) is 5.13 Å². The Morgan fingerprint density at radius 3 is 2.87 bits per heavy atom. The first-order chi connectivity index (χ1) is 15.0. The molecule has 9 heteroatoms. The van der Waals surface area contributed by atoms with Gasteiger partial charge in [-0.1, -0.05) is 61.9 Å². The van der Waals surface area contributed by atoms with Gasteiger partial charge in [0.15, 0.2) is 0 Å². The predicted molar refractivity (Wildman–Crippen MR) is 122 cm³/mol. The average Bonchev–Trinajstić information content (AvgIpc) is 3.33. The molecule has 2 unspecified atom stereocenters. The van der Waals surface area contributed by atoms with Crippen LogP contribution in [0.2, 0.25) is 0 Å². The van der Waals surface area contributed by atoms with Gasteiger partial charge in [-0.2, -0.15) is 0 Å². The Morgan fingerprint density at radius 2 is 2.10 bits per heavy atom. The third-order valence-corrected chi connectivity index (χ3v) is 6.22. The second kappa shape index (κ2) is 11.0. The monoisotopic (exact) mass is 448 g/mol. The smallest absolute Gasteiger partial charge is 0.342 e. The van der Waals surface area contributed by atoms with Crippen LogP contribution in [-0.2, 0) is 11.2 Å². The molecule has 170 valence electrons. The number of quaternary nitrogens is 1. The quantitative estimate of drug-likeness (QED) is 0.219.